The van der Waals surface area contributed by atoms with Crippen LogP contribution in [0.3, 0.4) is 0 Å². The Labute approximate surface area is 124 Å². The fourth-order valence-corrected chi connectivity index (χ4v) is 1.80. The number of nitrogens with one attached hydrogen (secondary N) is 1. The molecule has 4 nitrogen and oxygen atoms in total. The Bertz CT molecular complexity index is 503. The number of hydrogen-bond donors (Lipinski definition) is 1. The minimum atomic E-state index is -2.26. The van der Waals surface area contributed by atoms with Crippen molar-refractivity contribution in [3.63, 3.8) is 0 Å². The number of amides is 1. The Morgan fingerprint density at radius 2 is 2.00 bits per heavy atom. The second-order valence-corrected chi connectivity index (χ2v) is 4.57. The molecule has 1 rings (SSSR count). The summed E-state index contributed by atoms with van der Waals surface area (Å²) in [6, 6.07) is 7.63. The van der Waals surface area contributed by atoms with Crippen LogP contribution in [0.1, 0.15) is 53.4 Å². The predicted molar refractivity (Wildman–Crippen MR) is 78.5 cm³/mol. The molecule has 0 saturated heterocycles. The first kappa shape index (κ1) is 11.9. The van der Waals surface area contributed by atoms with Gasteiger partial charge in [0.1, 0.15) is 0 Å². The van der Waals surface area contributed by atoms with Gasteiger partial charge in [-0.2, -0.15) is 0 Å². The normalized spacial score (nSPS) is 14.6. The van der Waals surface area contributed by atoms with Gasteiger partial charge in [-0.15, -0.1) is 0 Å². The van der Waals surface area contributed by atoms with Gasteiger partial charge in [0.05, 0.1) is 7.11 Å². The maximum Gasteiger partial charge on any atom is 0.305 e. The molecule has 0 spiro atoms. The monoisotopic (exact) mass is 280 g/mol. The highest BCUT2D eigenvalue weighted by atomic mass is 16.5. The molecule has 0 aliphatic rings. The fraction of sp³-hybridized carbons (Fsp3) is 0.500. The minimum absolute atomic E-state index is 0.269. The maximum absolute atomic E-state index is 12.1. The van der Waals surface area contributed by atoms with Gasteiger partial charge in [-0.3, -0.25) is 9.59 Å². The summed E-state index contributed by atoms with van der Waals surface area (Å²) in [7, 11) is 1.34. The number of rotatable bonds is 8. The lowest BCUT2D eigenvalue weighted by Gasteiger charge is -2.13. The van der Waals surface area contributed by atoms with Gasteiger partial charge < -0.3 is 10.1 Å². The zero-order chi connectivity index (χ0) is 17.3. The number of esters is 1. The Morgan fingerprint density at radius 1 is 1.25 bits per heavy atom. The molecule has 110 valence electrons. The van der Waals surface area contributed by atoms with Gasteiger partial charge in [-0.25, -0.2) is 0 Å². The van der Waals surface area contributed by atoms with E-state index in [1.807, 2.05) is 0 Å². The first-order valence-corrected chi connectivity index (χ1v) is 6.77. The lowest BCUT2D eigenvalue weighted by atomic mass is 10.1. The van der Waals surface area contributed by atoms with Crippen molar-refractivity contribution in [3.05, 3.63) is 35.9 Å². The summed E-state index contributed by atoms with van der Waals surface area (Å²) in [5.74, 6) is -0.656. The summed E-state index contributed by atoms with van der Waals surface area (Å²) >= 11 is 0. The van der Waals surface area contributed by atoms with Crippen LogP contribution in [0.2, 0.25) is 0 Å². The molecule has 0 unspecified atom stereocenters. The van der Waals surface area contributed by atoms with Gasteiger partial charge in [-0.1, -0.05) is 31.0 Å². The Balaban J connectivity index is 2.47. The number of ether oxygens (including phenoxy) is 1. The van der Waals surface area contributed by atoms with Gasteiger partial charge >= 0.3 is 5.97 Å². The molecule has 1 aromatic rings. The van der Waals surface area contributed by atoms with E-state index in [1.165, 1.54) is 7.11 Å². The Kier molecular flexibility index (Phi) is 5.45. The molecule has 0 saturated carbocycles. The first-order chi connectivity index (χ1) is 10.8. The van der Waals surface area contributed by atoms with Crippen LogP contribution in [0.25, 0.3) is 0 Å². The number of hydrogen-bond acceptors (Lipinski definition) is 3. The minimum Gasteiger partial charge on any atom is -0.469 e. The summed E-state index contributed by atoms with van der Waals surface area (Å²) in [6.07, 6.45) is 2.65. The third-order valence-electron chi connectivity index (χ3n) is 2.94. The van der Waals surface area contributed by atoms with Gasteiger partial charge in [-0.05, 0) is 31.8 Å². The second kappa shape index (κ2) is 9.13. The molecule has 0 aliphatic heterocycles. The van der Waals surface area contributed by atoms with Crippen LogP contribution in [0.4, 0.5) is 0 Å². The van der Waals surface area contributed by atoms with Crippen molar-refractivity contribution in [1.29, 1.82) is 0 Å². The van der Waals surface area contributed by atoms with Crippen LogP contribution >= 0.6 is 0 Å². The third kappa shape index (κ3) is 6.36. The zero-order valence-electron chi connectivity index (χ0n) is 14.7. The number of methoxy groups -OCH3 is 1. The van der Waals surface area contributed by atoms with Gasteiger partial charge in [0.15, 0.2) is 0 Å². The van der Waals surface area contributed by atoms with E-state index in [4.69, 9.17) is 4.11 Å². The van der Waals surface area contributed by atoms with E-state index in [2.05, 4.69) is 10.1 Å². The lowest BCUT2D eigenvalue weighted by molar-refractivity contribution is -0.140. The Hall–Kier alpha value is -1.84. The predicted octanol–water partition coefficient (Wildman–Crippen LogP) is 2.93. The van der Waals surface area contributed by atoms with Gasteiger partial charge in [0.2, 0.25) is 0 Å². The largest absolute Gasteiger partial charge is 0.469 e. The van der Waals surface area contributed by atoms with E-state index in [1.54, 1.807) is 30.3 Å². The number of carbonyl (C=O) groups excluding carboxylic acids is 2. The molecule has 0 radical (unpaired) electrons. The third-order valence-corrected chi connectivity index (χ3v) is 2.94. The fourth-order valence-electron chi connectivity index (χ4n) is 1.80. The van der Waals surface area contributed by atoms with Crippen molar-refractivity contribution < 1.29 is 18.4 Å². The molecule has 0 aliphatic carbocycles. The molecule has 1 atom stereocenters. The molecule has 0 heterocycles. The van der Waals surface area contributed by atoms with E-state index in [-0.39, 0.29) is 11.9 Å². The van der Waals surface area contributed by atoms with Crippen LogP contribution in [-0.2, 0) is 9.53 Å². The summed E-state index contributed by atoms with van der Waals surface area (Å²) in [4.78, 5) is 23.1. The van der Waals surface area contributed by atoms with E-state index in [0.29, 0.717) is 37.7 Å². The highest BCUT2D eigenvalue weighted by Gasteiger charge is 2.09. The topological polar surface area (TPSA) is 55.4 Å². The molecule has 0 aromatic heterocycles. The molecule has 1 N–H and O–H groups in total. The number of unbranched alkanes of at least 4 members (excludes halogenated alkanes) is 2. The molecule has 1 amide bonds. The van der Waals surface area contributed by atoms with Crippen LogP contribution in [0.5, 0.6) is 0 Å². The number of carbonyl (C=O) groups is 2. The summed E-state index contributed by atoms with van der Waals surface area (Å²) < 4.78 is 27.3. The summed E-state index contributed by atoms with van der Waals surface area (Å²) in [5, 5.41) is 2.59. The van der Waals surface area contributed by atoms with Crippen LogP contribution < -0.4 is 5.32 Å². The SMILES string of the molecule is [2H]C([2H])([2H])[C@H](CCCCCC(=O)OC)NC(=O)c1ccccc1. The van der Waals surface area contributed by atoms with E-state index < -0.39 is 12.9 Å². The quantitative estimate of drug-likeness (QED) is 0.588. The highest BCUT2D eigenvalue weighted by molar-refractivity contribution is 5.94. The van der Waals surface area contributed by atoms with E-state index >= 15 is 0 Å². The molecule has 20 heavy (non-hydrogen) atoms. The average Bonchev–Trinajstić information content (AvgIpc) is 2.52. The van der Waals surface area contributed by atoms with Crippen molar-refractivity contribution in [3.8, 4) is 0 Å². The summed E-state index contributed by atoms with van der Waals surface area (Å²) in [6.45, 7) is -2.26. The van der Waals surface area contributed by atoms with E-state index in [9.17, 15) is 9.59 Å². The van der Waals surface area contributed by atoms with Crippen LogP contribution in [0.15, 0.2) is 30.3 Å². The number of benzene rings is 1. The lowest BCUT2D eigenvalue weighted by Crippen LogP contribution is -2.32. The van der Waals surface area contributed by atoms with Crippen molar-refractivity contribution in [2.24, 2.45) is 0 Å². The molecule has 0 fully saturated rings. The average molecular weight is 280 g/mol. The van der Waals surface area contributed by atoms with Crippen LogP contribution in [-0.4, -0.2) is 25.0 Å². The Morgan fingerprint density at radius 3 is 2.65 bits per heavy atom. The molecular formula is C16H23NO3. The standard InChI is InChI=1S/C16H23NO3/c1-13(9-5-3-8-12-15(18)20-2)17-16(19)14-10-6-4-7-11-14/h4,6-7,10-11,13H,3,5,8-9,12H2,1-2H3,(H,17,19)/t13-/m1/s1/i1D3. The summed E-state index contributed by atoms with van der Waals surface area (Å²) in [5.41, 5.74) is 0.437. The smallest absolute Gasteiger partial charge is 0.305 e. The zero-order valence-corrected chi connectivity index (χ0v) is 11.7. The molecule has 1 aromatic carbocycles. The second-order valence-electron chi connectivity index (χ2n) is 4.57. The molecule has 0 bridgehead atoms. The van der Waals surface area contributed by atoms with Gasteiger partial charge in [0.25, 0.3) is 5.91 Å². The van der Waals surface area contributed by atoms with Crippen molar-refractivity contribution >= 4 is 11.9 Å². The van der Waals surface area contributed by atoms with Crippen molar-refractivity contribution in [2.45, 2.75) is 45.0 Å². The van der Waals surface area contributed by atoms with Crippen LogP contribution in [0, 0.1) is 0 Å². The van der Waals surface area contributed by atoms with Gasteiger partial charge in [0, 0.05) is 22.1 Å². The van der Waals surface area contributed by atoms with Crippen molar-refractivity contribution in [2.75, 3.05) is 7.11 Å². The van der Waals surface area contributed by atoms with Crippen molar-refractivity contribution in [1.82, 2.24) is 5.32 Å². The molecular weight excluding hydrogens is 254 g/mol. The molecule has 4 heteroatoms. The maximum atomic E-state index is 12.1. The van der Waals surface area contributed by atoms with E-state index in [0.717, 1.165) is 0 Å². The highest BCUT2D eigenvalue weighted by Crippen LogP contribution is 2.07. The first-order valence-electron chi connectivity index (χ1n) is 8.27.